The van der Waals surface area contributed by atoms with Gasteiger partial charge in [0.15, 0.2) is 0 Å². The molecule has 2 heterocycles. The number of nitrogens with zero attached hydrogens (tertiary/aromatic N) is 2. The van der Waals surface area contributed by atoms with Gasteiger partial charge in [-0.15, -0.1) is 11.3 Å². The molecule has 8 heteroatoms. The first-order chi connectivity index (χ1) is 12.0. The zero-order valence-electron chi connectivity index (χ0n) is 13.9. The highest BCUT2D eigenvalue weighted by Crippen LogP contribution is 2.26. The monoisotopic (exact) mass is 380 g/mol. The number of carbonyl (C=O) groups is 1. The molecule has 0 unspecified atom stereocenters. The van der Waals surface area contributed by atoms with Crippen LogP contribution in [0.4, 0.5) is 0 Å². The maximum Gasteiger partial charge on any atom is 0.349 e. The van der Waals surface area contributed by atoms with Gasteiger partial charge in [0, 0.05) is 32.7 Å². The number of hydrogen-bond acceptors (Lipinski definition) is 6. The molecule has 0 saturated carbocycles. The van der Waals surface area contributed by atoms with Crippen LogP contribution in [-0.2, 0) is 21.3 Å². The van der Waals surface area contributed by atoms with Crippen LogP contribution in [-0.4, -0.2) is 56.9 Å². The summed E-state index contributed by atoms with van der Waals surface area (Å²) in [6.07, 6.45) is 0. The lowest BCUT2D eigenvalue weighted by atomic mass is 10.2. The van der Waals surface area contributed by atoms with Gasteiger partial charge in [0.1, 0.15) is 9.77 Å². The van der Waals surface area contributed by atoms with E-state index in [4.69, 9.17) is 0 Å². The van der Waals surface area contributed by atoms with Crippen LogP contribution in [0.1, 0.15) is 15.2 Å². The molecular weight excluding hydrogens is 360 g/mol. The third-order valence-corrected chi connectivity index (χ3v) is 7.16. The van der Waals surface area contributed by atoms with E-state index in [1.807, 2.05) is 18.2 Å². The molecule has 25 heavy (non-hydrogen) atoms. The van der Waals surface area contributed by atoms with Gasteiger partial charge in [0.05, 0.1) is 7.11 Å². The van der Waals surface area contributed by atoms with Crippen LogP contribution in [0.5, 0.6) is 0 Å². The van der Waals surface area contributed by atoms with Gasteiger partial charge in [-0.05, 0) is 17.0 Å². The maximum atomic E-state index is 12.9. The number of benzene rings is 1. The smallest absolute Gasteiger partial charge is 0.349 e. The predicted octanol–water partition coefficient (Wildman–Crippen LogP) is 2.04. The molecule has 0 spiro atoms. The fourth-order valence-electron chi connectivity index (χ4n) is 2.85. The highest BCUT2D eigenvalue weighted by Gasteiger charge is 2.32. The fraction of sp³-hybridized carbons (Fsp3) is 0.353. The summed E-state index contributed by atoms with van der Waals surface area (Å²) in [6.45, 7) is 2.94. The first kappa shape index (κ1) is 18.1. The number of esters is 1. The SMILES string of the molecule is COC(=O)c1sccc1S(=O)(=O)N1CCN(Cc2ccccc2)CC1. The fourth-order valence-corrected chi connectivity index (χ4v) is 5.58. The van der Waals surface area contributed by atoms with Crippen molar-refractivity contribution in [2.24, 2.45) is 0 Å². The average Bonchev–Trinajstić information content (AvgIpc) is 3.13. The molecule has 1 aromatic heterocycles. The predicted molar refractivity (Wildman–Crippen MR) is 96.1 cm³/mol. The number of methoxy groups -OCH3 is 1. The molecule has 1 saturated heterocycles. The van der Waals surface area contributed by atoms with Crippen molar-refractivity contribution in [1.29, 1.82) is 0 Å². The largest absolute Gasteiger partial charge is 0.465 e. The molecule has 0 amide bonds. The zero-order chi connectivity index (χ0) is 17.9. The molecule has 0 atom stereocenters. The molecule has 0 bridgehead atoms. The Balaban J connectivity index is 1.68. The van der Waals surface area contributed by atoms with Crippen molar-refractivity contribution in [3.05, 3.63) is 52.2 Å². The standard InChI is InChI=1S/C17H20N2O4S2/c1-23-17(20)16-15(7-12-24-16)25(21,22)19-10-8-18(9-11-19)13-14-5-3-2-4-6-14/h2-7,12H,8-11,13H2,1H3. The van der Waals surface area contributed by atoms with Crippen molar-refractivity contribution in [1.82, 2.24) is 9.21 Å². The van der Waals surface area contributed by atoms with Gasteiger partial charge in [-0.1, -0.05) is 30.3 Å². The number of ether oxygens (including phenoxy) is 1. The number of carbonyl (C=O) groups excluding carboxylic acids is 1. The zero-order valence-corrected chi connectivity index (χ0v) is 15.6. The van der Waals surface area contributed by atoms with Crippen LogP contribution >= 0.6 is 11.3 Å². The van der Waals surface area contributed by atoms with Gasteiger partial charge >= 0.3 is 5.97 Å². The van der Waals surface area contributed by atoms with Gasteiger partial charge in [-0.2, -0.15) is 4.31 Å². The van der Waals surface area contributed by atoms with Gasteiger partial charge in [-0.25, -0.2) is 13.2 Å². The minimum atomic E-state index is -3.68. The van der Waals surface area contributed by atoms with Crippen molar-refractivity contribution >= 4 is 27.3 Å². The lowest BCUT2D eigenvalue weighted by Crippen LogP contribution is -2.48. The molecule has 6 nitrogen and oxygen atoms in total. The Kier molecular flexibility index (Phi) is 5.53. The van der Waals surface area contributed by atoms with Crippen molar-refractivity contribution < 1.29 is 17.9 Å². The third kappa shape index (κ3) is 3.92. The second-order valence-corrected chi connectivity index (χ2v) is 8.59. The minimum Gasteiger partial charge on any atom is -0.465 e. The van der Waals surface area contributed by atoms with Crippen molar-refractivity contribution in [3.63, 3.8) is 0 Å². The van der Waals surface area contributed by atoms with E-state index in [9.17, 15) is 13.2 Å². The number of rotatable bonds is 5. The van der Waals surface area contributed by atoms with E-state index in [0.717, 1.165) is 17.9 Å². The quantitative estimate of drug-likeness (QED) is 0.743. The summed E-state index contributed by atoms with van der Waals surface area (Å²) in [5.74, 6) is -0.615. The van der Waals surface area contributed by atoms with E-state index in [-0.39, 0.29) is 9.77 Å². The van der Waals surface area contributed by atoms with Crippen LogP contribution < -0.4 is 0 Å². The number of thiophene rings is 1. The molecule has 1 aromatic carbocycles. The summed E-state index contributed by atoms with van der Waals surface area (Å²) in [7, 11) is -2.43. The highest BCUT2D eigenvalue weighted by atomic mass is 32.2. The molecular formula is C17H20N2O4S2. The Hall–Kier alpha value is -1.74. The molecule has 1 aliphatic heterocycles. The van der Waals surface area contributed by atoms with Gasteiger partial charge in [0.2, 0.25) is 10.0 Å². The summed E-state index contributed by atoms with van der Waals surface area (Å²) < 4.78 is 31.9. The Morgan fingerprint density at radius 3 is 2.44 bits per heavy atom. The van der Waals surface area contributed by atoms with Gasteiger partial charge < -0.3 is 4.74 Å². The van der Waals surface area contributed by atoms with Crippen LogP contribution in [0.15, 0.2) is 46.7 Å². The maximum absolute atomic E-state index is 12.9. The third-order valence-electron chi connectivity index (χ3n) is 4.20. The molecule has 3 rings (SSSR count). The normalized spacial score (nSPS) is 16.7. The van der Waals surface area contributed by atoms with Crippen LogP contribution in [0.3, 0.4) is 0 Å². The van der Waals surface area contributed by atoms with E-state index in [2.05, 4.69) is 21.8 Å². The number of hydrogen-bond donors (Lipinski definition) is 0. The Morgan fingerprint density at radius 1 is 1.12 bits per heavy atom. The van der Waals surface area contributed by atoms with E-state index in [1.54, 1.807) is 5.38 Å². The van der Waals surface area contributed by atoms with E-state index < -0.39 is 16.0 Å². The molecule has 1 aliphatic rings. The second-order valence-electron chi connectivity index (χ2n) is 5.77. The molecule has 0 N–H and O–H groups in total. The summed E-state index contributed by atoms with van der Waals surface area (Å²) >= 11 is 1.08. The summed E-state index contributed by atoms with van der Waals surface area (Å²) in [5.41, 5.74) is 1.21. The van der Waals surface area contributed by atoms with Crippen molar-refractivity contribution in [3.8, 4) is 0 Å². The van der Waals surface area contributed by atoms with Gasteiger partial charge in [-0.3, -0.25) is 4.90 Å². The van der Waals surface area contributed by atoms with Crippen LogP contribution in [0, 0.1) is 0 Å². The first-order valence-electron chi connectivity index (χ1n) is 7.94. The van der Waals surface area contributed by atoms with E-state index >= 15 is 0 Å². The Labute approximate surface area is 151 Å². The van der Waals surface area contributed by atoms with Gasteiger partial charge in [0.25, 0.3) is 0 Å². The Bertz CT molecular complexity index is 825. The summed E-state index contributed by atoms with van der Waals surface area (Å²) in [4.78, 5) is 14.2. The summed E-state index contributed by atoms with van der Waals surface area (Å²) in [6, 6.07) is 11.6. The first-order valence-corrected chi connectivity index (χ1v) is 10.3. The average molecular weight is 380 g/mol. The molecule has 1 fully saturated rings. The van der Waals surface area contributed by atoms with Crippen LogP contribution in [0.2, 0.25) is 0 Å². The highest BCUT2D eigenvalue weighted by molar-refractivity contribution is 7.89. The van der Waals surface area contributed by atoms with Crippen molar-refractivity contribution in [2.75, 3.05) is 33.3 Å². The molecule has 2 aromatic rings. The second kappa shape index (κ2) is 7.65. The lowest BCUT2D eigenvalue weighted by molar-refractivity contribution is 0.0602. The topological polar surface area (TPSA) is 66.9 Å². The number of sulfonamides is 1. The van der Waals surface area contributed by atoms with Crippen molar-refractivity contribution in [2.45, 2.75) is 11.4 Å². The summed E-state index contributed by atoms with van der Waals surface area (Å²) in [5, 5.41) is 1.60. The molecule has 0 radical (unpaired) electrons. The molecule has 0 aliphatic carbocycles. The van der Waals surface area contributed by atoms with E-state index in [0.29, 0.717) is 26.2 Å². The van der Waals surface area contributed by atoms with Crippen LogP contribution in [0.25, 0.3) is 0 Å². The Morgan fingerprint density at radius 2 is 1.80 bits per heavy atom. The number of piperazine rings is 1. The van der Waals surface area contributed by atoms with E-state index in [1.165, 1.54) is 23.0 Å². The lowest BCUT2D eigenvalue weighted by Gasteiger charge is -2.33. The molecule has 134 valence electrons. The minimum absolute atomic E-state index is 0.0425.